The van der Waals surface area contributed by atoms with Crippen LogP contribution in [0.2, 0.25) is 0 Å². The summed E-state index contributed by atoms with van der Waals surface area (Å²) in [5.41, 5.74) is 0.533. The fourth-order valence-electron chi connectivity index (χ4n) is 2.04. The van der Waals surface area contributed by atoms with Crippen LogP contribution in [-0.4, -0.2) is 22.1 Å². The van der Waals surface area contributed by atoms with E-state index in [0.29, 0.717) is 18.0 Å². The number of methoxy groups -OCH3 is 1. The maximum Gasteiger partial charge on any atom is 0.264 e. The molecule has 0 amide bonds. The second-order valence-corrected chi connectivity index (χ2v) is 7.07. The Morgan fingerprint density at radius 3 is 2.29 bits per heavy atom. The molecule has 0 saturated heterocycles. The molecule has 21 heavy (non-hydrogen) atoms. The molecule has 112 valence electrons. The summed E-state index contributed by atoms with van der Waals surface area (Å²) in [4.78, 5) is 0.249. The van der Waals surface area contributed by atoms with Crippen LogP contribution in [0.5, 0.6) is 5.75 Å². The molecule has 4 nitrogen and oxygen atoms in total. The molecule has 0 N–H and O–H groups in total. The van der Waals surface area contributed by atoms with Crippen LogP contribution < -0.4 is 9.04 Å². The highest BCUT2D eigenvalue weighted by Gasteiger charge is 2.25. The van der Waals surface area contributed by atoms with E-state index in [0.717, 1.165) is 4.47 Å². The number of hydrogen-bond donors (Lipinski definition) is 0. The summed E-state index contributed by atoms with van der Waals surface area (Å²) in [7, 11) is -2.09. The first-order valence-electron chi connectivity index (χ1n) is 6.42. The Bertz CT molecular complexity index is 714. The maximum atomic E-state index is 12.8. The molecule has 0 aliphatic rings. The number of sulfonamides is 1. The molecule has 0 bridgehead atoms. The number of nitrogens with zero attached hydrogens (tertiary/aromatic N) is 1. The first-order chi connectivity index (χ1) is 10.0. The molecule has 2 aromatic carbocycles. The molecule has 0 atom stereocenters. The Morgan fingerprint density at radius 1 is 1.10 bits per heavy atom. The molecule has 0 fully saturated rings. The second-order valence-electron chi connectivity index (χ2n) is 4.30. The molecule has 0 aromatic heterocycles. The van der Waals surface area contributed by atoms with E-state index in [4.69, 9.17) is 4.74 Å². The van der Waals surface area contributed by atoms with E-state index in [1.54, 1.807) is 49.4 Å². The number of halogens is 1. The van der Waals surface area contributed by atoms with E-state index in [1.807, 2.05) is 6.07 Å². The van der Waals surface area contributed by atoms with E-state index >= 15 is 0 Å². The molecule has 2 aromatic rings. The molecular weight excluding hydrogens is 354 g/mol. The van der Waals surface area contributed by atoms with Crippen molar-refractivity contribution in [2.45, 2.75) is 11.8 Å². The van der Waals surface area contributed by atoms with Gasteiger partial charge in [0, 0.05) is 11.0 Å². The maximum absolute atomic E-state index is 12.8. The van der Waals surface area contributed by atoms with Crippen LogP contribution in [-0.2, 0) is 10.0 Å². The standard InChI is InChI=1S/C15H16BrNO3S/c1-3-17(14-6-4-5-7-15(14)20-2)21(18,19)13-10-8-12(16)9-11-13/h4-11H,3H2,1-2H3. The fourth-order valence-corrected chi connectivity index (χ4v) is 3.79. The summed E-state index contributed by atoms with van der Waals surface area (Å²) in [6.07, 6.45) is 0. The van der Waals surface area contributed by atoms with Gasteiger partial charge in [-0.15, -0.1) is 0 Å². The van der Waals surface area contributed by atoms with Crippen LogP contribution in [0.1, 0.15) is 6.92 Å². The van der Waals surface area contributed by atoms with Gasteiger partial charge in [-0.2, -0.15) is 0 Å². The minimum Gasteiger partial charge on any atom is -0.495 e. The minimum atomic E-state index is -3.62. The quantitative estimate of drug-likeness (QED) is 0.807. The second kappa shape index (κ2) is 6.49. The van der Waals surface area contributed by atoms with Gasteiger partial charge in [0.05, 0.1) is 17.7 Å². The van der Waals surface area contributed by atoms with Crippen molar-refractivity contribution >= 4 is 31.6 Å². The molecule has 0 unspecified atom stereocenters. The van der Waals surface area contributed by atoms with Crippen LogP contribution in [0.3, 0.4) is 0 Å². The average Bonchev–Trinajstić information content (AvgIpc) is 2.48. The monoisotopic (exact) mass is 369 g/mol. The minimum absolute atomic E-state index is 0.249. The summed E-state index contributed by atoms with van der Waals surface area (Å²) in [5.74, 6) is 0.528. The number of hydrogen-bond acceptors (Lipinski definition) is 3. The van der Waals surface area contributed by atoms with Crippen molar-refractivity contribution in [2.75, 3.05) is 18.0 Å². The van der Waals surface area contributed by atoms with Gasteiger partial charge in [-0.3, -0.25) is 4.31 Å². The van der Waals surface area contributed by atoms with E-state index in [9.17, 15) is 8.42 Å². The van der Waals surface area contributed by atoms with Gasteiger partial charge in [-0.25, -0.2) is 8.42 Å². The summed E-state index contributed by atoms with van der Waals surface area (Å²) in [6, 6.07) is 13.7. The zero-order valence-electron chi connectivity index (χ0n) is 11.8. The van der Waals surface area contributed by atoms with Crippen molar-refractivity contribution in [1.29, 1.82) is 0 Å². The lowest BCUT2D eigenvalue weighted by atomic mass is 10.3. The van der Waals surface area contributed by atoms with Crippen LogP contribution in [0.25, 0.3) is 0 Å². The van der Waals surface area contributed by atoms with E-state index in [1.165, 1.54) is 11.4 Å². The van der Waals surface area contributed by atoms with Crippen molar-refractivity contribution in [3.8, 4) is 5.75 Å². The van der Waals surface area contributed by atoms with Crippen molar-refractivity contribution in [3.63, 3.8) is 0 Å². The SMILES string of the molecule is CCN(c1ccccc1OC)S(=O)(=O)c1ccc(Br)cc1. The van der Waals surface area contributed by atoms with Crippen molar-refractivity contribution in [3.05, 3.63) is 53.0 Å². The van der Waals surface area contributed by atoms with E-state index in [-0.39, 0.29) is 4.90 Å². The highest BCUT2D eigenvalue weighted by Crippen LogP contribution is 2.32. The first kappa shape index (κ1) is 15.9. The third-order valence-corrected chi connectivity index (χ3v) is 5.47. The molecule has 0 aliphatic heterocycles. The lowest BCUT2D eigenvalue weighted by Crippen LogP contribution is -2.31. The molecule has 6 heteroatoms. The van der Waals surface area contributed by atoms with Crippen LogP contribution in [0.4, 0.5) is 5.69 Å². The normalized spacial score (nSPS) is 11.2. The van der Waals surface area contributed by atoms with Crippen LogP contribution in [0.15, 0.2) is 57.9 Å². The number of rotatable bonds is 5. The number of ether oxygens (including phenoxy) is 1. The lowest BCUT2D eigenvalue weighted by Gasteiger charge is -2.24. The summed E-state index contributed by atoms with van der Waals surface area (Å²) in [6.45, 7) is 2.11. The van der Waals surface area contributed by atoms with Crippen molar-refractivity contribution < 1.29 is 13.2 Å². The first-order valence-corrected chi connectivity index (χ1v) is 8.65. The third-order valence-electron chi connectivity index (χ3n) is 3.04. The van der Waals surface area contributed by atoms with Crippen LogP contribution in [0, 0.1) is 0 Å². The fraction of sp³-hybridized carbons (Fsp3) is 0.200. The Kier molecular flexibility index (Phi) is 4.90. The van der Waals surface area contributed by atoms with E-state index in [2.05, 4.69) is 15.9 Å². The van der Waals surface area contributed by atoms with Gasteiger partial charge in [0.25, 0.3) is 10.0 Å². The number of para-hydroxylation sites is 2. The summed E-state index contributed by atoms with van der Waals surface area (Å²) < 4.78 is 33.0. The topological polar surface area (TPSA) is 46.6 Å². The lowest BCUT2D eigenvalue weighted by molar-refractivity contribution is 0.415. The predicted octanol–water partition coefficient (Wildman–Crippen LogP) is 3.67. The molecule has 0 radical (unpaired) electrons. The zero-order chi connectivity index (χ0) is 15.5. The smallest absolute Gasteiger partial charge is 0.264 e. The molecular formula is C15H16BrNO3S. The summed E-state index contributed by atoms with van der Waals surface area (Å²) in [5, 5.41) is 0. The van der Waals surface area contributed by atoms with Gasteiger partial charge >= 0.3 is 0 Å². The zero-order valence-corrected chi connectivity index (χ0v) is 14.2. The van der Waals surface area contributed by atoms with Gasteiger partial charge in [0.2, 0.25) is 0 Å². The molecule has 0 spiro atoms. The van der Waals surface area contributed by atoms with Gasteiger partial charge in [-0.1, -0.05) is 28.1 Å². The van der Waals surface area contributed by atoms with Crippen molar-refractivity contribution in [1.82, 2.24) is 0 Å². The Hall–Kier alpha value is -1.53. The Balaban J connectivity index is 2.52. The van der Waals surface area contributed by atoms with Gasteiger partial charge in [0.1, 0.15) is 5.75 Å². The average molecular weight is 370 g/mol. The number of benzene rings is 2. The highest BCUT2D eigenvalue weighted by molar-refractivity contribution is 9.10. The van der Waals surface area contributed by atoms with Crippen molar-refractivity contribution in [2.24, 2.45) is 0 Å². The molecule has 2 rings (SSSR count). The number of anilines is 1. The third kappa shape index (κ3) is 3.22. The van der Waals surface area contributed by atoms with E-state index < -0.39 is 10.0 Å². The molecule has 0 saturated carbocycles. The summed E-state index contributed by atoms with van der Waals surface area (Å²) >= 11 is 3.31. The largest absolute Gasteiger partial charge is 0.495 e. The van der Waals surface area contributed by atoms with Gasteiger partial charge < -0.3 is 4.74 Å². The highest BCUT2D eigenvalue weighted by atomic mass is 79.9. The predicted molar refractivity (Wildman–Crippen MR) is 87.3 cm³/mol. The van der Waals surface area contributed by atoms with Gasteiger partial charge in [0.15, 0.2) is 0 Å². The Morgan fingerprint density at radius 2 is 1.71 bits per heavy atom. The Labute approximate surface area is 133 Å². The molecule has 0 aliphatic carbocycles. The van der Waals surface area contributed by atoms with Crippen LogP contribution >= 0.6 is 15.9 Å². The molecule has 0 heterocycles. The van der Waals surface area contributed by atoms with Gasteiger partial charge in [-0.05, 0) is 43.3 Å².